The summed E-state index contributed by atoms with van der Waals surface area (Å²) in [6, 6.07) is 14.2. The summed E-state index contributed by atoms with van der Waals surface area (Å²) in [7, 11) is 0. The number of carbonyl (C=O) groups is 2. The average molecular weight is 303 g/mol. The van der Waals surface area contributed by atoms with Crippen LogP contribution in [0.1, 0.15) is 21.5 Å². The Morgan fingerprint density at radius 1 is 1.00 bits per heavy atom. The number of hydrogen-bond donors (Lipinski definition) is 2. The molecule has 2 amide bonds. The smallest absolute Gasteiger partial charge is 0.269 e. The summed E-state index contributed by atoms with van der Waals surface area (Å²) >= 11 is 5.98. The normalized spacial score (nSPS) is 10.0. The van der Waals surface area contributed by atoms with E-state index >= 15 is 0 Å². The van der Waals surface area contributed by atoms with E-state index in [0.29, 0.717) is 16.1 Å². The number of benzene rings is 2. The van der Waals surface area contributed by atoms with Gasteiger partial charge in [-0.1, -0.05) is 48.0 Å². The second-order valence-corrected chi connectivity index (χ2v) is 4.99. The zero-order valence-corrected chi connectivity index (χ0v) is 12.3. The number of hydrogen-bond acceptors (Lipinski definition) is 2. The van der Waals surface area contributed by atoms with Crippen LogP contribution in [0.3, 0.4) is 0 Å². The Morgan fingerprint density at radius 2 is 1.67 bits per heavy atom. The van der Waals surface area contributed by atoms with Gasteiger partial charge in [-0.25, -0.2) is 0 Å². The average Bonchev–Trinajstić information content (AvgIpc) is 2.48. The molecule has 0 saturated heterocycles. The molecule has 2 aromatic carbocycles. The third-order valence-corrected chi connectivity index (χ3v) is 3.38. The molecule has 0 aliphatic carbocycles. The fourth-order valence-corrected chi connectivity index (χ4v) is 2.08. The molecular formula is C16H15ClN2O2. The first-order chi connectivity index (χ1) is 10.1. The predicted octanol–water partition coefficient (Wildman–Crippen LogP) is 2.65. The van der Waals surface area contributed by atoms with Crippen molar-refractivity contribution in [2.75, 3.05) is 0 Å². The second kappa shape index (κ2) is 6.90. The third-order valence-electron chi connectivity index (χ3n) is 3.01. The number of rotatable bonds is 3. The standard InChI is InChI=1S/C16H15ClN2O2/c1-11-6-2-4-8-13(11)16(21)19-18-15(20)10-12-7-3-5-9-14(12)17/h2-9H,10H2,1H3,(H,18,20)(H,19,21). The molecule has 0 unspecified atom stereocenters. The van der Waals surface area contributed by atoms with Gasteiger partial charge in [0.25, 0.3) is 5.91 Å². The van der Waals surface area contributed by atoms with Gasteiger partial charge >= 0.3 is 0 Å². The highest BCUT2D eigenvalue weighted by molar-refractivity contribution is 6.31. The lowest BCUT2D eigenvalue weighted by atomic mass is 10.1. The second-order valence-electron chi connectivity index (χ2n) is 4.59. The van der Waals surface area contributed by atoms with Crippen LogP contribution in [0.4, 0.5) is 0 Å². The minimum atomic E-state index is -0.347. The summed E-state index contributed by atoms with van der Waals surface area (Å²) in [5.74, 6) is -0.675. The lowest BCUT2D eigenvalue weighted by Gasteiger charge is -2.09. The Balaban J connectivity index is 1.91. The highest BCUT2D eigenvalue weighted by Crippen LogP contribution is 2.15. The molecule has 0 radical (unpaired) electrons. The fourth-order valence-electron chi connectivity index (χ4n) is 1.88. The van der Waals surface area contributed by atoms with Crippen molar-refractivity contribution in [3.63, 3.8) is 0 Å². The van der Waals surface area contributed by atoms with Crippen LogP contribution in [0.2, 0.25) is 5.02 Å². The van der Waals surface area contributed by atoms with Gasteiger partial charge in [0.15, 0.2) is 0 Å². The first-order valence-corrected chi connectivity index (χ1v) is 6.84. The summed E-state index contributed by atoms with van der Waals surface area (Å²) in [4.78, 5) is 23.7. The molecular weight excluding hydrogens is 288 g/mol. The van der Waals surface area contributed by atoms with E-state index in [2.05, 4.69) is 10.9 Å². The van der Waals surface area contributed by atoms with Gasteiger partial charge in [-0.15, -0.1) is 0 Å². The quantitative estimate of drug-likeness (QED) is 0.856. The van der Waals surface area contributed by atoms with Crippen molar-refractivity contribution >= 4 is 23.4 Å². The molecule has 108 valence electrons. The van der Waals surface area contributed by atoms with Crippen LogP contribution in [-0.2, 0) is 11.2 Å². The van der Waals surface area contributed by atoms with Crippen LogP contribution in [0.5, 0.6) is 0 Å². The maximum atomic E-state index is 11.9. The molecule has 0 atom stereocenters. The van der Waals surface area contributed by atoms with E-state index in [1.807, 2.05) is 19.1 Å². The van der Waals surface area contributed by atoms with E-state index in [4.69, 9.17) is 11.6 Å². The summed E-state index contributed by atoms with van der Waals surface area (Å²) in [5, 5.41) is 0.526. The number of carbonyl (C=O) groups excluding carboxylic acids is 2. The van der Waals surface area contributed by atoms with E-state index < -0.39 is 0 Å². The SMILES string of the molecule is Cc1ccccc1C(=O)NNC(=O)Cc1ccccc1Cl. The topological polar surface area (TPSA) is 58.2 Å². The molecule has 0 spiro atoms. The van der Waals surface area contributed by atoms with Gasteiger partial charge in [-0.2, -0.15) is 0 Å². The number of halogens is 1. The molecule has 2 rings (SSSR count). The van der Waals surface area contributed by atoms with Crippen molar-refractivity contribution in [3.8, 4) is 0 Å². The largest absolute Gasteiger partial charge is 0.273 e. The van der Waals surface area contributed by atoms with Crippen LogP contribution in [0.15, 0.2) is 48.5 Å². The molecule has 21 heavy (non-hydrogen) atoms. The van der Waals surface area contributed by atoms with Gasteiger partial charge in [-0.05, 0) is 30.2 Å². The van der Waals surface area contributed by atoms with Crippen molar-refractivity contribution in [2.24, 2.45) is 0 Å². The molecule has 0 aliphatic rings. The van der Waals surface area contributed by atoms with E-state index in [0.717, 1.165) is 5.56 Å². The Bertz CT molecular complexity index is 671. The number of hydrazine groups is 1. The number of nitrogens with one attached hydrogen (secondary N) is 2. The molecule has 0 fully saturated rings. The summed E-state index contributed by atoms with van der Waals surface area (Å²) < 4.78 is 0. The minimum Gasteiger partial charge on any atom is -0.273 e. The molecule has 0 saturated carbocycles. The summed E-state index contributed by atoms with van der Waals surface area (Å²) in [6.45, 7) is 1.83. The maximum Gasteiger partial charge on any atom is 0.269 e. The molecule has 0 aliphatic heterocycles. The molecule has 2 aromatic rings. The summed E-state index contributed by atoms with van der Waals surface area (Å²) in [6.07, 6.45) is 0.105. The van der Waals surface area contributed by atoms with Gasteiger partial charge in [0, 0.05) is 10.6 Å². The van der Waals surface area contributed by atoms with Crippen LogP contribution < -0.4 is 10.9 Å². The van der Waals surface area contributed by atoms with Crippen LogP contribution in [-0.4, -0.2) is 11.8 Å². The van der Waals surface area contributed by atoms with Crippen molar-refractivity contribution in [1.29, 1.82) is 0 Å². The van der Waals surface area contributed by atoms with Crippen LogP contribution in [0.25, 0.3) is 0 Å². The number of aryl methyl sites for hydroxylation is 1. The third kappa shape index (κ3) is 4.07. The highest BCUT2D eigenvalue weighted by Gasteiger charge is 2.10. The Labute approximate surface area is 128 Å². The highest BCUT2D eigenvalue weighted by atomic mass is 35.5. The summed E-state index contributed by atoms with van der Waals surface area (Å²) in [5.41, 5.74) is 6.86. The van der Waals surface area contributed by atoms with E-state index in [1.54, 1.807) is 36.4 Å². The van der Waals surface area contributed by atoms with Gasteiger partial charge in [0.1, 0.15) is 0 Å². The van der Waals surface area contributed by atoms with Crippen molar-refractivity contribution < 1.29 is 9.59 Å². The van der Waals surface area contributed by atoms with E-state index in [1.165, 1.54) is 0 Å². The molecule has 0 bridgehead atoms. The van der Waals surface area contributed by atoms with E-state index in [-0.39, 0.29) is 18.2 Å². The Morgan fingerprint density at radius 3 is 2.38 bits per heavy atom. The first-order valence-electron chi connectivity index (χ1n) is 6.46. The molecule has 0 aromatic heterocycles. The monoisotopic (exact) mass is 302 g/mol. The molecule has 4 nitrogen and oxygen atoms in total. The Hall–Kier alpha value is -2.33. The predicted molar refractivity (Wildman–Crippen MR) is 81.9 cm³/mol. The molecule has 5 heteroatoms. The fraction of sp³-hybridized carbons (Fsp3) is 0.125. The lowest BCUT2D eigenvalue weighted by molar-refractivity contribution is -0.121. The maximum absolute atomic E-state index is 11.9. The van der Waals surface area contributed by atoms with Gasteiger partial charge in [0.05, 0.1) is 6.42 Å². The van der Waals surface area contributed by atoms with Crippen LogP contribution >= 0.6 is 11.6 Å². The Kier molecular flexibility index (Phi) is 4.95. The van der Waals surface area contributed by atoms with Gasteiger partial charge in [-0.3, -0.25) is 20.4 Å². The van der Waals surface area contributed by atoms with Gasteiger partial charge < -0.3 is 0 Å². The lowest BCUT2D eigenvalue weighted by Crippen LogP contribution is -2.42. The van der Waals surface area contributed by atoms with Gasteiger partial charge in [0.2, 0.25) is 5.91 Å². The van der Waals surface area contributed by atoms with Crippen molar-refractivity contribution in [1.82, 2.24) is 10.9 Å². The zero-order chi connectivity index (χ0) is 15.2. The first kappa shape index (κ1) is 15.1. The molecule has 2 N–H and O–H groups in total. The number of amides is 2. The minimum absolute atomic E-state index is 0.105. The van der Waals surface area contributed by atoms with Crippen molar-refractivity contribution in [2.45, 2.75) is 13.3 Å². The van der Waals surface area contributed by atoms with Crippen molar-refractivity contribution in [3.05, 3.63) is 70.2 Å². The van der Waals surface area contributed by atoms with E-state index in [9.17, 15) is 9.59 Å². The van der Waals surface area contributed by atoms with Crippen LogP contribution in [0, 0.1) is 6.92 Å². The molecule has 0 heterocycles. The zero-order valence-electron chi connectivity index (χ0n) is 11.5.